The minimum atomic E-state index is -0.322. The molecule has 45 heavy (non-hydrogen) atoms. The van der Waals surface area contributed by atoms with E-state index < -0.39 is 0 Å². The quantitative estimate of drug-likeness (QED) is 0.141. The number of amides is 1. The average molecular weight is 603 g/mol. The number of carbonyl (C=O) groups is 1. The summed E-state index contributed by atoms with van der Waals surface area (Å²) >= 11 is 0. The molecule has 228 valence electrons. The first-order valence-corrected chi connectivity index (χ1v) is 15.3. The van der Waals surface area contributed by atoms with Gasteiger partial charge in [0.25, 0.3) is 0 Å². The Bertz CT molecular complexity index is 2010. The summed E-state index contributed by atoms with van der Waals surface area (Å²) in [4.78, 5) is 27.3. The van der Waals surface area contributed by atoms with Gasteiger partial charge in [-0.2, -0.15) is 5.10 Å². The lowest BCUT2D eigenvalue weighted by Gasteiger charge is -2.12. The lowest BCUT2D eigenvalue weighted by atomic mass is 10.0. The van der Waals surface area contributed by atoms with Crippen molar-refractivity contribution in [3.63, 3.8) is 0 Å². The number of rotatable bonds is 9. The third kappa shape index (κ3) is 6.01. The number of nitrogens with one attached hydrogen (secondary N) is 4. The minimum Gasteiger partial charge on any atom is -0.384 e. The van der Waals surface area contributed by atoms with Crippen LogP contribution in [-0.4, -0.2) is 63.1 Å². The van der Waals surface area contributed by atoms with Crippen LogP contribution in [-0.2, 0) is 4.79 Å². The first-order chi connectivity index (χ1) is 21.9. The second kappa shape index (κ2) is 12.1. The Hall–Kier alpha value is -5.09. The average Bonchev–Trinajstić information content (AvgIpc) is 3.80. The van der Waals surface area contributed by atoms with Crippen LogP contribution < -0.4 is 10.6 Å². The van der Waals surface area contributed by atoms with Crippen LogP contribution in [0.5, 0.6) is 0 Å². The maximum absolute atomic E-state index is 14.7. The Morgan fingerprint density at radius 2 is 1.73 bits per heavy atom. The van der Waals surface area contributed by atoms with Crippen LogP contribution in [0.25, 0.3) is 55.6 Å². The Kier molecular flexibility index (Phi) is 7.72. The molecule has 0 aliphatic heterocycles. The molecular formula is C35H35FN8O. The van der Waals surface area contributed by atoms with Gasteiger partial charge in [-0.05, 0) is 81.0 Å². The van der Waals surface area contributed by atoms with Crippen LogP contribution >= 0.6 is 0 Å². The van der Waals surface area contributed by atoms with Crippen molar-refractivity contribution < 1.29 is 9.18 Å². The van der Waals surface area contributed by atoms with Crippen LogP contribution in [0.4, 0.5) is 15.8 Å². The summed E-state index contributed by atoms with van der Waals surface area (Å²) in [6.07, 6.45) is 9.33. The van der Waals surface area contributed by atoms with E-state index in [0.717, 1.165) is 76.5 Å². The monoisotopic (exact) mass is 602 g/mol. The number of H-pyrrole nitrogens is 2. The molecule has 7 rings (SSSR count). The van der Waals surface area contributed by atoms with Crippen molar-refractivity contribution in [1.29, 1.82) is 0 Å². The predicted molar refractivity (Wildman–Crippen MR) is 177 cm³/mol. The lowest BCUT2D eigenvalue weighted by Crippen LogP contribution is -2.20. The molecule has 4 N–H and O–H groups in total. The summed E-state index contributed by atoms with van der Waals surface area (Å²) in [5, 5.41) is 16.0. The van der Waals surface area contributed by atoms with E-state index in [1.807, 2.05) is 50.5 Å². The zero-order chi connectivity index (χ0) is 30.9. The smallest absolute Gasteiger partial charge is 0.227 e. The number of aromatic nitrogens is 5. The molecule has 0 saturated heterocycles. The number of anilines is 2. The molecule has 0 bridgehead atoms. The van der Waals surface area contributed by atoms with Gasteiger partial charge in [-0.3, -0.25) is 19.9 Å². The summed E-state index contributed by atoms with van der Waals surface area (Å²) in [5.74, 6) is -0.170. The standard InChI is InChI=1S/C35H35FN8O/c1-44(2)12-11-38-26-14-23(13-25(36)17-26)33-29-18-32(41-30(29)9-10-39-33)34-28-16-22(7-8-31(28)42-43-34)24-15-27(20-37-19-24)40-35(45)21-5-3-4-6-21/h7-10,13-21,38,41H,3-6,11-12H2,1-2H3,(H,40,45)(H,42,43). The molecule has 4 heterocycles. The second-order valence-electron chi connectivity index (χ2n) is 12.0. The molecule has 0 radical (unpaired) electrons. The van der Waals surface area contributed by atoms with Gasteiger partial charge in [-0.25, -0.2) is 4.39 Å². The molecule has 2 aromatic carbocycles. The largest absolute Gasteiger partial charge is 0.384 e. The van der Waals surface area contributed by atoms with Crippen LogP contribution in [0, 0.1) is 11.7 Å². The van der Waals surface area contributed by atoms with Crippen LogP contribution in [0.2, 0.25) is 0 Å². The van der Waals surface area contributed by atoms with Crippen molar-refractivity contribution in [2.24, 2.45) is 5.92 Å². The van der Waals surface area contributed by atoms with E-state index in [0.29, 0.717) is 29.2 Å². The van der Waals surface area contributed by atoms with Gasteiger partial charge >= 0.3 is 0 Å². The molecule has 0 atom stereocenters. The number of likely N-dealkylation sites (N-methyl/N-ethyl adjacent to an activating group) is 1. The Balaban J connectivity index is 1.20. The van der Waals surface area contributed by atoms with Gasteiger partial charge in [0.1, 0.15) is 11.5 Å². The summed E-state index contributed by atoms with van der Waals surface area (Å²) in [6.45, 7) is 1.53. The third-order valence-electron chi connectivity index (χ3n) is 8.49. The van der Waals surface area contributed by atoms with Crippen molar-refractivity contribution in [3.8, 4) is 33.8 Å². The van der Waals surface area contributed by atoms with Crippen LogP contribution in [0.3, 0.4) is 0 Å². The highest BCUT2D eigenvalue weighted by atomic mass is 19.1. The molecule has 4 aromatic heterocycles. The summed E-state index contributed by atoms with van der Waals surface area (Å²) < 4.78 is 14.7. The molecule has 1 fully saturated rings. The van der Waals surface area contributed by atoms with Gasteiger partial charge in [0, 0.05) is 64.5 Å². The van der Waals surface area contributed by atoms with Crippen molar-refractivity contribution in [1.82, 2.24) is 30.0 Å². The number of hydrogen-bond donors (Lipinski definition) is 4. The van der Waals surface area contributed by atoms with Crippen molar-refractivity contribution >= 4 is 39.1 Å². The van der Waals surface area contributed by atoms with E-state index in [1.165, 1.54) is 12.1 Å². The van der Waals surface area contributed by atoms with Crippen molar-refractivity contribution in [2.75, 3.05) is 37.8 Å². The number of halogens is 1. The molecule has 10 heteroatoms. The molecule has 0 unspecified atom stereocenters. The highest BCUT2D eigenvalue weighted by molar-refractivity contribution is 6.01. The van der Waals surface area contributed by atoms with E-state index in [9.17, 15) is 9.18 Å². The van der Waals surface area contributed by atoms with Crippen LogP contribution in [0.1, 0.15) is 25.7 Å². The van der Waals surface area contributed by atoms with Gasteiger partial charge in [0.05, 0.1) is 28.8 Å². The number of benzene rings is 2. The number of aromatic amines is 2. The fourth-order valence-electron chi connectivity index (χ4n) is 6.16. The van der Waals surface area contributed by atoms with Gasteiger partial charge < -0.3 is 20.5 Å². The SMILES string of the molecule is CN(C)CCNc1cc(F)cc(-c2nccc3[nH]c(-c4n[nH]c5ccc(-c6cncc(NC(=O)C7CCCC7)c6)cc45)cc23)c1. The van der Waals surface area contributed by atoms with E-state index in [2.05, 4.69) is 46.7 Å². The Morgan fingerprint density at radius 3 is 2.58 bits per heavy atom. The molecule has 1 amide bonds. The highest BCUT2D eigenvalue weighted by Crippen LogP contribution is 2.35. The normalized spacial score (nSPS) is 13.7. The highest BCUT2D eigenvalue weighted by Gasteiger charge is 2.23. The van der Waals surface area contributed by atoms with Gasteiger partial charge in [0.15, 0.2) is 0 Å². The number of fused-ring (bicyclic) bond motifs is 2. The van der Waals surface area contributed by atoms with Gasteiger partial charge in [-0.15, -0.1) is 0 Å². The molecular weight excluding hydrogens is 567 g/mol. The molecule has 0 spiro atoms. The molecule has 1 aliphatic rings. The van der Waals surface area contributed by atoms with Crippen LogP contribution in [0.15, 0.2) is 73.2 Å². The van der Waals surface area contributed by atoms with Gasteiger partial charge in [0.2, 0.25) is 5.91 Å². The topological polar surface area (TPSA) is 115 Å². The van der Waals surface area contributed by atoms with E-state index in [1.54, 1.807) is 18.6 Å². The van der Waals surface area contributed by atoms with Gasteiger partial charge in [-0.1, -0.05) is 18.9 Å². The van der Waals surface area contributed by atoms with E-state index in [-0.39, 0.29) is 17.6 Å². The fourth-order valence-corrected chi connectivity index (χ4v) is 6.16. The van der Waals surface area contributed by atoms with Crippen molar-refractivity contribution in [3.05, 3.63) is 79.0 Å². The number of pyridine rings is 2. The fraction of sp³-hybridized carbons (Fsp3) is 0.257. The third-order valence-corrected chi connectivity index (χ3v) is 8.49. The van der Waals surface area contributed by atoms with E-state index >= 15 is 0 Å². The Labute approximate surface area is 260 Å². The first kappa shape index (κ1) is 28.7. The maximum Gasteiger partial charge on any atom is 0.227 e. The second-order valence-corrected chi connectivity index (χ2v) is 12.0. The maximum atomic E-state index is 14.7. The molecule has 6 aromatic rings. The zero-order valence-corrected chi connectivity index (χ0v) is 25.3. The first-order valence-electron chi connectivity index (χ1n) is 15.3. The minimum absolute atomic E-state index is 0.0711. The van der Waals surface area contributed by atoms with E-state index in [4.69, 9.17) is 0 Å². The number of hydrogen-bond acceptors (Lipinski definition) is 6. The molecule has 1 aliphatic carbocycles. The summed E-state index contributed by atoms with van der Waals surface area (Å²) in [6, 6.07) is 16.9. The number of nitrogens with zero attached hydrogens (tertiary/aromatic N) is 4. The van der Waals surface area contributed by atoms with Crippen molar-refractivity contribution in [2.45, 2.75) is 25.7 Å². The Morgan fingerprint density at radius 1 is 0.911 bits per heavy atom. The molecule has 9 nitrogen and oxygen atoms in total. The zero-order valence-electron chi connectivity index (χ0n) is 25.3. The lowest BCUT2D eigenvalue weighted by molar-refractivity contribution is -0.119. The summed E-state index contributed by atoms with van der Waals surface area (Å²) in [5.41, 5.74) is 8.00. The summed E-state index contributed by atoms with van der Waals surface area (Å²) in [7, 11) is 4.01. The molecule has 1 saturated carbocycles. The predicted octanol–water partition coefficient (Wildman–Crippen LogP) is 7.08. The number of carbonyl (C=O) groups excluding carboxylic acids is 1.